The van der Waals surface area contributed by atoms with Crippen molar-refractivity contribution in [2.24, 2.45) is 0 Å². The Morgan fingerprint density at radius 3 is 1.04 bits per heavy atom. The zero-order valence-corrected chi connectivity index (χ0v) is 16.2. The van der Waals surface area contributed by atoms with Gasteiger partial charge in [0.15, 0.2) is 0 Å². The molecule has 0 aromatic carbocycles. The van der Waals surface area contributed by atoms with E-state index >= 15 is 0 Å². The molecule has 1 aromatic rings. The molecule has 9 nitrogen and oxygen atoms in total. The molecular weight excluding hydrogens is 354 g/mol. The first-order valence-corrected chi connectivity index (χ1v) is 8.26. The number of ether oxygens (including phenoxy) is 3. The van der Waals surface area contributed by atoms with E-state index in [-0.39, 0.29) is 40.0 Å². The van der Waals surface area contributed by atoms with Gasteiger partial charge in [-0.25, -0.2) is 28.1 Å². The van der Waals surface area contributed by atoms with Gasteiger partial charge in [-0.1, -0.05) is 36.5 Å². The molecule has 0 atom stereocenters. The van der Waals surface area contributed by atoms with Crippen molar-refractivity contribution in [1.29, 1.82) is 0 Å². The van der Waals surface area contributed by atoms with Crippen molar-refractivity contribution in [3.05, 3.63) is 67.9 Å². The Morgan fingerprint density at radius 1 is 0.630 bits per heavy atom. The molecule has 0 unspecified atom stereocenters. The first-order valence-electron chi connectivity index (χ1n) is 8.26. The van der Waals surface area contributed by atoms with Crippen LogP contribution < -0.4 is 17.1 Å². The van der Waals surface area contributed by atoms with Crippen LogP contribution in [0.3, 0.4) is 0 Å². The van der Waals surface area contributed by atoms with Crippen LogP contribution in [0.1, 0.15) is 20.8 Å². The number of nitrogens with zero attached hydrogens (tertiary/aromatic N) is 3. The Hall–Kier alpha value is -2.49. The highest BCUT2D eigenvalue weighted by atomic mass is 16.5. The molecule has 0 spiro atoms. The second-order valence-electron chi connectivity index (χ2n) is 6.44. The third kappa shape index (κ3) is 6.97. The van der Waals surface area contributed by atoms with Crippen LogP contribution in [0.2, 0.25) is 0 Å². The molecule has 0 aliphatic heterocycles. The molecule has 0 saturated heterocycles. The van der Waals surface area contributed by atoms with Gasteiger partial charge in [-0.2, -0.15) is 0 Å². The maximum absolute atomic E-state index is 12.5. The molecule has 1 aromatic heterocycles. The minimum atomic E-state index is -0.829. The van der Waals surface area contributed by atoms with Crippen LogP contribution in [0.5, 0.6) is 0 Å². The summed E-state index contributed by atoms with van der Waals surface area (Å²) in [6.45, 7) is 15.8. The van der Waals surface area contributed by atoms with Gasteiger partial charge in [-0.05, 0) is 20.8 Å². The quantitative estimate of drug-likeness (QED) is 0.498. The van der Waals surface area contributed by atoms with Crippen LogP contribution in [-0.4, -0.2) is 33.5 Å². The number of rotatable bonds is 12. The summed E-state index contributed by atoms with van der Waals surface area (Å²) in [5.41, 5.74) is -0.303. The molecule has 0 saturated carbocycles. The number of hydrogen-bond acceptors (Lipinski definition) is 6. The fourth-order valence-electron chi connectivity index (χ4n) is 1.95. The van der Waals surface area contributed by atoms with Gasteiger partial charge in [-0.15, -0.1) is 0 Å². The molecule has 0 bridgehead atoms. The van der Waals surface area contributed by atoms with E-state index in [4.69, 9.17) is 14.2 Å². The predicted octanol–water partition coefficient (Wildman–Crippen LogP) is 0.822. The monoisotopic (exact) mass is 381 g/mol. The highest BCUT2D eigenvalue weighted by Crippen LogP contribution is 1.92. The Labute approximate surface area is 157 Å². The SMILES string of the molecule is C=C(C)COCn1c(=O)n(COCC(=C)C)c(=O)n(COCC(=C)C)c1=O. The van der Waals surface area contributed by atoms with Gasteiger partial charge >= 0.3 is 17.1 Å². The van der Waals surface area contributed by atoms with Crippen molar-refractivity contribution in [1.82, 2.24) is 13.7 Å². The van der Waals surface area contributed by atoms with Crippen LogP contribution >= 0.6 is 0 Å². The Morgan fingerprint density at radius 2 is 0.852 bits per heavy atom. The smallest absolute Gasteiger partial charge is 0.340 e. The third-order valence-corrected chi connectivity index (χ3v) is 3.09. The van der Waals surface area contributed by atoms with Crippen LogP contribution in [0.15, 0.2) is 50.8 Å². The molecule has 0 aliphatic carbocycles. The largest absolute Gasteiger partial charge is 0.356 e. The highest BCUT2D eigenvalue weighted by Gasteiger charge is 2.16. The summed E-state index contributed by atoms with van der Waals surface area (Å²) in [6, 6.07) is 0. The van der Waals surface area contributed by atoms with E-state index in [1.54, 1.807) is 20.8 Å². The summed E-state index contributed by atoms with van der Waals surface area (Å²) in [5.74, 6) is 0. The molecule has 0 aliphatic rings. The molecule has 9 heteroatoms. The van der Waals surface area contributed by atoms with E-state index in [9.17, 15) is 14.4 Å². The highest BCUT2D eigenvalue weighted by molar-refractivity contribution is 4.88. The maximum atomic E-state index is 12.5. The third-order valence-electron chi connectivity index (χ3n) is 3.09. The van der Waals surface area contributed by atoms with Crippen LogP contribution in [0, 0.1) is 0 Å². The molecule has 0 radical (unpaired) electrons. The van der Waals surface area contributed by atoms with Crippen molar-refractivity contribution in [3.8, 4) is 0 Å². The van der Waals surface area contributed by atoms with Crippen molar-refractivity contribution >= 4 is 0 Å². The van der Waals surface area contributed by atoms with Gasteiger partial charge in [0, 0.05) is 0 Å². The average Bonchev–Trinajstić information content (AvgIpc) is 2.56. The van der Waals surface area contributed by atoms with Crippen molar-refractivity contribution < 1.29 is 14.2 Å². The van der Waals surface area contributed by atoms with E-state index in [1.165, 1.54) is 0 Å². The Balaban J connectivity index is 3.25. The van der Waals surface area contributed by atoms with E-state index in [0.29, 0.717) is 0 Å². The molecule has 27 heavy (non-hydrogen) atoms. The van der Waals surface area contributed by atoms with Gasteiger partial charge in [0.2, 0.25) is 0 Å². The fourth-order valence-corrected chi connectivity index (χ4v) is 1.95. The van der Waals surface area contributed by atoms with Crippen molar-refractivity contribution in [3.63, 3.8) is 0 Å². The Bertz CT molecular complexity index is 730. The van der Waals surface area contributed by atoms with Crippen molar-refractivity contribution in [2.75, 3.05) is 19.8 Å². The molecule has 150 valence electrons. The van der Waals surface area contributed by atoms with Gasteiger partial charge in [0.05, 0.1) is 19.8 Å². The van der Waals surface area contributed by atoms with Crippen molar-refractivity contribution in [2.45, 2.75) is 41.0 Å². The lowest BCUT2D eigenvalue weighted by Gasteiger charge is -2.14. The fraction of sp³-hybridized carbons (Fsp3) is 0.500. The molecule has 1 heterocycles. The Kier molecular flexibility index (Phi) is 8.86. The zero-order valence-electron chi connectivity index (χ0n) is 16.2. The van der Waals surface area contributed by atoms with Crippen LogP contribution in [0.4, 0.5) is 0 Å². The summed E-state index contributed by atoms with van der Waals surface area (Å²) in [6.07, 6.45) is 0. The minimum Gasteiger partial charge on any atom is -0.356 e. The molecule has 0 fully saturated rings. The van der Waals surface area contributed by atoms with Gasteiger partial charge in [0.25, 0.3) is 0 Å². The number of aromatic nitrogens is 3. The lowest BCUT2D eigenvalue weighted by Crippen LogP contribution is -2.55. The zero-order chi connectivity index (χ0) is 20.6. The molecule has 0 N–H and O–H groups in total. The second-order valence-corrected chi connectivity index (χ2v) is 6.44. The average molecular weight is 381 g/mol. The van der Waals surface area contributed by atoms with E-state index in [2.05, 4.69) is 19.7 Å². The molecule has 1 rings (SSSR count). The second kappa shape index (κ2) is 10.6. The van der Waals surface area contributed by atoms with E-state index in [1.807, 2.05) is 0 Å². The normalized spacial score (nSPS) is 10.8. The molecular formula is C18H27N3O6. The van der Waals surface area contributed by atoms with Gasteiger partial charge < -0.3 is 14.2 Å². The lowest BCUT2D eigenvalue weighted by atomic mass is 10.4. The lowest BCUT2D eigenvalue weighted by molar-refractivity contribution is 0.0500. The number of hydrogen-bond donors (Lipinski definition) is 0. The molecule has 0 amide bonds. The van der Waals surface area contributed by atoms with Gasteiger partial charge in [-0.3, -0.25) is 0 Å². The van der Waals surface area contributed by atoms with E-state index in [0.717, 1.165) is 30.4 Å². The summed E-state index contributed by atoms with van der Waals surface area (Å²) in [4.78, 5) is 37.6. The topological polar surface area (TPSA) is 93.7 Å². The minimum absolute atomic E-state index is 0.170. The summed E-state index contributed by atoms with van der Waals surface area (Å²) in [5, 5.41) is 0. The first kappa shape index (κ1) is 22.6. The van der Waals surface area contributed by atoms with E-state index < -0.39 is 17.1 Å². The standard InChI is InChI=1S/C18H27N3O6/c1-13(2)7-25-10-19-16(22)20(11-26-8-14(3)4)18(24)21(17(19)23)12-27-9-15(5)6/h1,3,5,7-12H2,2,4,6H3. The van der Waals surface area contributed by atoms with Crippen LogP contribution in [0.25, 0.3) is 0 Å². The van der Waals surface area contributed by atoms with Gasteiger partial charge in [0.1, 0.15) is 20.2 Å². The van der Waals surface area contributed by atoms with Crippen LogP contribution in [-0.2, 0) is 34.4 Å². The summed E-state index contributed by atoms with van der Waals surface area (Å²) in [7, 11) is 0. The summed E-state index contributed by atoms with van der Waals surface area (Å²) < 4.78 is 18.3. The predicted molar refractivity (Wildman–Crippen MR) is 102 cm³/mol. The first-order chi connectivity index (χ1) is 12.6. The maximum Gasteiger partial charge on any atom is 0.340 e. The summed E-state index contributed by atoms with van der Waals surface area (Å²) >= 11 is 0.